The number of benzene rings is 2. The van der Waals surface area contributed by atoms with Crippen molar-refractivity contribution in [1.82, 2.24) is 9.55 Å². The molecule has 0 bridgehead atoms. The van der Waals surface area contributed by atoms with E-state index >= 15 is 0 Å². The summed E-state index contributed by atoms with van der Waals surface area (Å²) in [6.45, 7) is 1.02. The standard InChI is InChI=1S/C21H19N3/c1-2-6-20-17(4-1)5-3-12-24(20)21-14-19(21)16-7-9-18(10-8-16)23-13-11-22-15-23/h1-11,13,15,19,21H,12,14H2. The molecule has 2 aromatic carbocycles. The van der Waals surface area contributed by atoms with E-state index in [-0.39, 0.29) is 0 Å². The normalized spacial score (nSPS) is 21.6. The Balaban J connectivity index is 1.37. The minimum absolute atomic E-state index is 0.621. The molecule has 0 N–H and O–H groups in total. The van der Waals surface area contributed by atoms with Crippen LogP contribution in [0.2, 0.25) is 0 Å². The Morgan fingerprint density at radius 1 is 1.00 bits per heavy atom. The van der Waals surface area contributed by atoms with Crippen molar-refractivity contribution in [3.05, 3.63) is 84.5 Å². The molecule has 3 nitrogen and oxygen atoms in total. The Kier molecular flexibility index (Phi) is 3.05. The summed E-state index contributed by atoms with van der Waals surface area (Å²) in [7, 11) is 0. The molecule has 1 fully saturated rings. The first-order valence-electron chi connectivity index (χ1n) is 8.51. The lowest BCUT2D eigenvalue weighted by Gasteiger charge is -2.28. The van der Waals surface area contributed by atoms with Crippen LogP contribution in [0.3, 0.4) is 0 Å². The van der Waals surface area contributed by atoms with Crippen molar-refractivity contribution < 1.29 is 0 Å². The summed E-state index contributed by atoms with van der Waals surface area (Å²) >= 11 is 0. The van der Waals surface area contributed by atoms with Crippen LogP contribution in [0.15, 0.2) is 73.3 Å². The number of imidazole rings is 1. The number of nitrogens with zero attached hydrogens (tertiary/aromatic N) is 3. The van der Waals surface area contributed by atoms with Gasteiger partial charge in [0.25, 0.3) is 0 Å². The SMILES string of the molecule is C1=Cc2ccccc2N(C2CC2c2ccc(-n3ccnc3)cc2)C1. The molecule has 0 saturated heterocycles. The Bertz CT molecular complexity index is 878. The third-order valence-electron chi connectivity index (χ3n) is 5.13. The molecule has 3 aromatic rings. The van der Waals surface area contributed by atoms with Crippen molar-refractivity contribution in [2.24, 2.45) is 0 Å². The molecule has 0 radical (unpaired) electrons. The number of fused-ring (bicyclic) bond motifs is 1. The van der Waals surface area contributed by atoms with Crippen LogP contribution in [0.25, 0.3) is 11.8 Å². The lowest BCUT2D eigenvalue weighted by molar-refractivity contribution is 0.828. The zero-order valence-corrected chi connectivity index (χ0v) is 13.4. The molecular formula is C21H19N3. The summed E-state index contributed by atoms with van der Waals surface area (Å²) in [6.07, 6.45) is 11.4. The van der Waals surface area contributed by atoms with Gasteiger partial charge in [-0.3, -0.25) is 0 Å². The zero-order chi connectivity index (χ0) is 15.9. The second-order valence-corrected chi connectivity index (χ2v) is 6.58. The van der Waals surface area contributed by atoms with Gasteiger partial charge in [0.05, 0.1) is 6.33 Å². The fourth-order valence-electron chi connectivity index (χ4n) is 3.79. The van der Waals surface area contributed by atoms with Crippen LogP contribution in [0.5, 0.6) is 0 Å². The highest BCUT2D eigenvalue weighted by atomic mass is 15.2. The van der Waals surface area contributed by atoms with E-state index in [2.05, 4.69) is 70.6 Å². The van der Waals surface area contributed by atoms with E-state index in [9.17, 15) is 0 Å². The van der Waals surface area contributed by atoms with Gasteiger partial charge >= 0.3 is 0 Å². The predicted octanol–water partition coefficient (Wildman–Crippen LogP) is 4.26. The van der Waals surface area contributed by atoms with Gasteiger partial charge in [0.15, 0.2) is 0 Å². The molecule has 1 aliphatic carbocycles. The van der Waals surface area contributed by atoms with E-state index in [0.717, 1.165) is 6.54 Å². The average Bonchev–Trinajstić information content (AvgIpc) is 3.25. The highest BCUT2D eigenvalue weighted by molar-refractivity contribution is 5.72. The molecule has 24 heavy (non-hydrogen) atoms. The molecule has 2 atom stereocenters. The van der Waals surface area contributed by atoms with Crippen molar-refractivity contribution in [2.75, 3.05) is 11.4 Å². The van der Waals surface area contributed by atoms with Gasteiger partial charge in [0.2, 0.25) is 0 Å². The molecule has 5 rings (SSSR count). The molecule has 2 unspecified atom stereocenters. The summed E-state index contributed by atoms with van der Waals surface area (Å²) in [6, 6.07) is 18.2. The minimum atomic E-state index is 0.621. The smallest absolute Gasteiger partial charge is 0.0991 e. The Hall–Kier alpha value is -2.81. The lowest BCUT2D eigenvalue weighted by Crippen LogP contribution is -2.29. The van der Waals surface area contributed by atoms with Gasteiger partial charge in [-0.15, -0.1) is 0 Å². The maximum absolute atomic E-state index is 4.11. The van der Waals surface area contributed by atoms with E-state index in [1.54, 1.807) is 0 Å². The van der Waals surface area contributed by atoms with Crippen molar-refractivity contribution >= 4 is 11.8 Å². The van der Waals surface area contributed by atoms with Crippen LogP contribution in [0, 0.1) is 0 Å². The Morgan fingerprint density at radius 2 is 1.88 bits per heavy atom. The van der Waals surface area contributed by atoms with Gasteiger partial charge in [-0.05, 0) is 35.7 Å². The molecule has 2 aliphatic rings. The van der Waals surface area contributed by atoms with Crippen molar-refractivity contribution in [3.63, 3.8) is 0 Å². The highest BCUT2D eigenvalue weighted by Gasteiger charge is 2.43. The molecule has 1 saturated carbocycles. The fraction of sp³-hybridized carbons (Fsp3) is 0.190. The van der Waals surface area contributed by atoms with Gasteiger partial charge in [0.1, 0.15) is 0 Å². The maximum atomic E-state index is 4.11. The first kappa shape index (κ1) is 13.6. The van der Waals surface area contributed by atoms with Gasteiger partial charge in [-0.2, -0.15) is 0 Å². The average molecular weight is 313 g/mol. The molecule has 3 heteroatoms. The number of rotatable bonds is 3. The van der Waals surface area contributed by atoms with E-state index in [4.69, 9.17) is 0 Å². The van der Waals surface area contributed by atoms with E-state index < -0.39 is 0 Å². The monoisotopic (exact) mass is 313 g/mol. The number of anilines is 1. The second kappa shape index (κ2) is 5.38. The maximum Gasteiger partial charge on any atom is 0.0991 e. The van der Waals surface area contributed by atoms with E-state index in [1.807, 2.05) is 23.3 Å². The number of hydrogen-bond donors (Lipinski definition) is 0. The number of aromatic nitrogens is 2. The third kappa shape index (κ3) is 2.24. The molecule has 118 valence electrons. The fourth-order valence-corrected chi connectivity index (χ4v) is 3.79. The minimum Gasteiger partial charge on any atom is -0.364 e. The first-order chi connectivity index (χ1) is 11.9. The summed E-state index contributed by atoms with van der Waals surface area (Å²) in [4.78, 5) is 6.67. The van der Waals surface area contributed by atoms with Crippen LogP contribution < -0.4 is 4.90 Å². The molecule has 1 aromatic heterocycles. The van der Waals surface area contributed by atoms with Gasteiger partial charge < -0.3 is 9.47 Å². The van der Waals surface area contributed by atoms with E-state index in [1.165, 1.54) is 28.9 Å². The quantitative estimate of drug-likeness (QED) is 0.720. The van der Waals surface area contributed by atoms with Crippen LogP contribution in [0.4, 0.5) is 5.69 Å². The highest BCUT2D eigenvalue weighted by Crippen LogP contribution is 2.47. The summed E-state index contributed by atoms with van der Waals surface area (Å²) in [5.74, 6) is 0.640. The summed E-state index contributed by atoms with van der Waals surface area (Å²) in [5.41, 5.74) is 5.32. The molecule has 0 amide bonds. The summed E-state index contributed by atoms with van der Waals surface area (Å²) in [5, 5.41) is 0. The van der Waals surface area contributed by atoms with Crippen LogP contribution in [-0.2, 0) is 0 Å². The van der Waals surface area contributed by atoms with Gasteiger partial charge in [-0.25, -0.2) is 4.98 Å². The predicted molar refractivity (Wildman–Crippen MR) is 97.5 cm³/mol. The number of hydrogen-bond acceptors (Lipinski definition) is 2. The van der Waals surface area contributed by atoms with Crippen molar-refractivity contribution in [2.45, 2.75) is 18.4 Å². The third-order valence-corrected chi connectivity index (χ3v) is 5.13. The molecular weight excluding hydrogens is 294 g/mol. The van der Waals surface area contributed by atoms with Crippen LogP contribution >= 0.6 is 0 Å². The Morgan fingerprint density at radius 3 is 2.71 bits per heavy atom. The molecule has 2 heterocycles. The second-order valence-electron chi connectivity index (χ2n) is 6.58. The number of para-hydroxylation sites is 1. The molecule has 0 spiro atoms. The first-order valence-corrected chi connectivity index (χ1v) is 8.51. The van der Waals surface area contributed by atoms with Gasteiger partial charge in [-0.1, -0.05) is 42.5 Å². The Labute approximate surface area is 141 Å². The zero-order valence-electron chi connectivity index (χ0n) is 13.4. The van der Waals surface area contributed by atoms with Crippen LogP contribution in [0.1, 0.15) is 23.5 Å². The van der Waals surface area contributed by atoms with Crippen molar-refractivity contribution in [3.8, 4) is 5.69 Å². The van der Waals surface area contributed by atoms with E-state index in [0.29, 0.717) is 12.0 Å². The molecule has 1 aliphatic heterocycles. The largest absolute Gasteiger partial charge is 0.364 e. The van der Waals surface area contributed by atoms with Crippen molar-refractivity contribution in [1.29, 1.82) is 0 Å². The summed E-state index contributed by atoms with van der Waals surface area (Å²) < 4.78 is 2.04. The van der Waals surface area contributed by atoms with Crippen LogP contribution in [-0.4, -0.2) is 22.1 Å². The van der Waals surface area contributed by atoms with Gasteiger partial charge in [0, 0.05) is 42.3 Å². The topological polar surface area (TPSA) is 21.1 Å². The lowest BCUT2D eigenvalue weighted by atomic mass is 10.1.